The Balaban J connectivity index is 0.000000200. The molecule has 0 bridgehead atoms. The first kappa shape index (κ1) is 27.6. The molecule has 0 unspecified atom stereocenters. The topological polar surface area (TPSA) is 25.8 Å². The van der Waals surface area contributed by atoms with Crippen molar-refractivity contribution in [1.82, 2.24) is 9.97 Å². The predicted molar refractivity (Wildman–Crippen MR) is 165 cm³/mol. The quantitative estimate of drug-likeness (QED) is 0.135. The van der Waals surface area contributed by atoms with E-state index in [4.69, 9.17) is 4.98 Å². The van der Waals surface area contributed by atoms with Crippen LogP contribution in [0.2, 0.25) is 19.6 Å². The molecule has 1 fully saturated rings. The third-order valence-corrected chi connectivity index (χ3v) is 10.2. The number of hydrogen-bond acceptors (Lipinski definition) is 3. The average Bonchev–Trinajstić information content (AvgIpc) is 3.74. The molecule has 3 aromatic heterocycles. The maximum atomic E-state index is 4.72. The fourth-order valence-electron chi connectivity index (χ4n) is 4.88. The van der Waals surface area contributed by atoms with Crippen molar-refractivity contribution in [3.05, 3.63) is 115 Å². The Kier molecular flexibility index (Phi) is 8.25. The molecule has 39 heavy (non-hydrogen) atoms. The van der Waals surface area contributed by atoms with Crippen molar-refractivity contribution < 1.29 is 20.1 Å². The van der Waals surface area contributed by atoms with Crippen LogP contribution >= 0.6 is 11.3 Å². The molecule has 1 radical (unpaired) electrons. The third-order valence-electron chi connectivity index (χ3n) is 7.00. The average molecular weight is 719 g/mol. The third kappa shape index (κ3) is 5.97. The second-order valence-electron chi connectivity index (χ2n) is 10.9. The van der Waals surface area contributed by atoms with Gasteiger partial charge in [0.1, 0.15) is 0 Å². The van der Waals surface area contributed by atoms with Gasteiger partial charge in [-0.3, -0.25) is 0 Å². The normalized spacial score (nSPS) is 13.0. The van der Waals surface area contributed by atoms with Gasteiger partial charge in [0.15, 0.2) is 0 Å². The van der Waals surface area contributed by atoms with E-state index in [-0.39, 0.29) is 20.1 Å². The van der Waals surface area contributed by atoms with Crippen LogP contribution in [0.3, 0.4) is 0 Å². The molecule has 1 aliphatic carbocycles. The molecule has 0 amide bonds. The standard InChI is InChI=1S/C23H22NSSi.C11H8N.Ir/c1-26(2,3)21-11-10-17(19-14-16(12-13-24-19)15-8-9-15)23-22(21)18-6-4-5-7-20(18)25-23;1-2-6-10(7-3-1)11-8-4-5-9-12-11;/h4-7,11-15H,8-9H2,1-3H3;1-6,8-9H;/q2*-1;. The zero-order valence-corrected chi connectivity index (χ0v) is 26.6. The molecule has 0 aliphatic heterocycles. The summed E-state index contributed by atoms with van der Waals surface area (Å²) in [6.45, 7) is 7.27. The van der Waals surface area contributed by atoms with E-state index in [1.165, 1.54) is 49.3 Å². The SMILES string of the molecule is C[Si](C)(C)c1c[c-]c(-c2cc(C3CC3)ccn2)c2sc3ccccc3c12.[Ir].[c-]1ccccc1-c1ccccn1. The van der Waals surface area contributed by atoms with Gasteiger partial charge in [0, 0.05) is 45.3 Å². The van der Waals surface area contributed by atoms with E-state index >= 15 is 0 Å². The van der Waals surface area contributed by atoms with Crippen LogP contribution in [0.4, 0.5) is 0 Å². The number of rotatable bonds is 4. The van der Waals surface area contributed by atoms with E-state index in [1.807, 2.05) is 60.0 Å². The summed E-state index contributed by atoms with van der Waals surface area (Å²) >= 11 is 1.89. The smallest absolute Gasteiger partial charge is 0.0300 e. The van der Waals surface area contributed by atoms with E-state index in [0.717, 1.165) is 22.9 Å². The molecule has 1 aliphatic rings. The van der Waals surface area contributed by atoms with Crippen LogP contribution in [0, 0.1) is 12.1 Å². The molecule has 0 saturated heterocycles. The Labute approximate surface area is 249 Å². The first-order chi connectivity index (χ1) is 18.5. The van der Waals surface area contributed by atoms with Gasteiger partial charge in [-0.05, 0) is 58.4 Å². The summed E-state index contributed by atoms with van der Waals surface area (Å²) in [6, 6.07) is 36.0. The summed E-state index contributed by atoms with van der Waals surface area (Å²) in [7, 11) is -1.47. The van der Waals surface area contributed by atoms with Crippen molar-refractivity contribution in [3.63, 3.8) is 0 Å². The largest absolute Gasteiger partial charge is 0.305 e. The number of benzene rings is 3. The summed E-state index contributed by atoms with van der Waals surface area (Å²) in [6.07, 6.45) is 6.40. The molecule has 2 nitrogen and oxygen atoms in total. The zero-order chi connectivity index (χ0) is 26.1. The second-order valence-corrected chi connectivity index (χ2v) is 17.0. The molecule has 3 heterocycles. The van der Waals surface area contributed by atoms with Crippen LogP contribution in [0.15, 0.2) is 97.3 Å². The Morgan fingerprint density at radius 3 is 2.31 bits per heavy atom. The molecule has 5 heteroatoms. The van der Waals surface area contributed by atoms with E-state index in [2.05, 4.69) is 79.2 Å². The van der Waals surface area contributed by atoms with E-state index in [0.29, 0.717) is 0 Å². The molecule has 197 valence electrons. The molecule has 0 N–H and O–H groups in total. The van der Waals surface area contributed by atoms with Crippen molar-refractivity contribution in [1.29, 1.82) is 0 Å². The number of nitrogens with zero attached hydrogens (tertiary/aromatic N) is 2. The minimum Gasteiger partial charge on any atom is -0.305 e. The molecule has 0 atom stereocenters. The number of thiophene rings is 1. The van der Waals surface area contributed by atoms with Crippen LogP contribution in [0.1, 0.15) is 24.3 Å². The maximum Gasteiger partial charge on any atom is 0.0300 e. The Bertz CT molecular complexity index is 1670. The van der Waals surface area contributed by atoms with Crippen LogP contribution in [0.5, 0.6) is 0 Å². The fraction of sp³-hybridized carbons (Fsp3) is 0.176. The van der Waals surface area contributed by atoms with Gasteiger partial charge < -0.3 is 9.97 Å². The first-order valence-corrected chi connectivity index (χ1v) is 17.5. The monoisotopic (exact) mass is 719 g/mol. The molecule has 6 aromatic rings. The van der Waals surface area contributed by atoms with Crippen LogP contribution < -0.4 is 5.19 Å². The van der Waals surface area contributed by atoms with Crippen molar-refractivity contribution in [2.75, 3.05) is 0 Å². The zero-order valence-electron chi connectivity index (χ0n) is 22.4. The van der Waals surface area contributed by atoms with E-state index in [9.17, 15) is 0 Å². The van der Waals surface area contributed by atoms with Crippen molar-refractivity contribution in [2.45, 2.75) is 38.4 Å². The van der Waals surface area contributed by atoms with Crippen molar-refractivity contribution in [3.8, 4) is 22.5 Å². The number of pyridine rings is 2. The molecule has 0 spiro atoms. The van der Waals surface area contributed by atoms with Gasteiger partial charge >= 0.3 is 0 Å². The predicted octanol–water partition coefficient (Wildman–Crippen LogP) is 8.89. The molecule has 1 saturated carbocycles. The summed E-state index contributed by atoms with van der Waals surface area (Å²) < 4.78 is 2.72. The summed E-state index contributed by atoms with van der Waals surface area (Å²) in [5.41, 5.74) is 5.70. The van der Waals surface area contributed by atoms with Gasteiger partial charge in [0.05, 0.1) is 0 Å². The van der Waals surface area contributed by atoms with E-state index < -0.39 is 8.07 Å². The number of aromatic nitrogens is 2. The van der Waals surface area contributed by atoms with Gasteiger partial charge in [-0.1, -0.05) is 67.0 Å². The van der Waals surface area contributed by atoms with Crippen molar-refractivity contribution in [2.24, 2.45) is 0 Å². The minimum atomic E-state index is -1.47. The second kappa shape index (κ2) is 11.7. The van der Waals surface area contributed by atoms with Gasteiger partial charge in [-0.25, -0.2) is 0 Å². The molecule has 3 aromatic carbocycles. The fourth-order valence-corrected chi connectivity index (χ4v) is 7.72. The van der Waals surface area contributed by atoms with Gasteiger partial charge in [-0.2, -0.15) is 11.3 Å². The summed E-state index contributed by atoms with van der Waals surface area (Å²) in [5, 5.41) is 4.34. The Hall–Kier alpha value is -2.95. The Morgan fingerprint density at radius 2 is 1.59 bits per heavy atom. The molecule has 7 rings (SSSR count). The Morgan fingerprint density at radius 1 is 0.821 bits per heavy atom. The van der Waals surface area contributed by atoms with Crippen molar-refractivity contribution >= 4 is 44.8 Å². The van der Waals surface area contributed by atoms with Crippen LogP contribution in [0.25, 0.3) is 42.7 Å². The van der Waals surface area contributed by atoms with Crippen LogP contribution in [-0.2, 0) is 20.1 Å². The van der Waals surface area contributed by atoms with E-state index in [1.54, 1.807) is 6.20 Å². The first-order valence-electron chi connectivity index (χ1n) is 13.2. The summed E-state index contributed by atoms with van der Waals surface area (Å²) in [5.74, 6) is 0.746. The van der Waals surface area contributed by atoms with Gasteiger partial charge in [0.2, 0.25) is 0 Å². The van der Waals surface area contributed by atoms with Crippen LogP contribution in [-0.4, -0.2) is 18.0 Å². The minimum absolute atomic E-state index is 0. The maximum absolute atomic E-state index is 4.72. The summed E-state index contributed by atoms with van der Waals surface area (Å²) in [4.78, 5) is 8.94. The van der Waals surface area contributed by atoms with Gasteiger partial charge in [-0.15, -0.1) is 58.8 Å². The molecular weight excluding hydrogens is 689 g/mol. The molecular formula is C34H30IrN2SSi-2. The number of hydrogen-bond donors (Lipinski definition) is 0. The van der Waals surface area contributed by atoms with Gasteiger partial charge in [0.25, 0.3) is 0 Å². The number of fused-ring (bicyclic) bond motifs is 3.